The molecule has 0 fully saturated rings. The SMILES string of the molecule is [C-]#[N+]c1ccc2cc3cc(-c4ccc(-c5ccc(-c6ccc(-c7nc(-c8ccccc8)nc(-c8ccccc8)n7)cc6)c6ccccc56)cc4)c4cccnc4c3nc2c1. The van der Waals surface area contributed by atoms with Gasteiger partial charge in [-0.25, -0.2) is 24.8 Å². The molecule has 6 nitrogen and oxygen atoms in total. The first-order chi connectivity index (χ1) is 29.7. The van der Waals surface area contributed by atoms with Gasteiger partial charge in [0.05, 0.1) is 23.1 Å². The summed E-state index contributed by atoms with van der Waals surface area (Å²) in [4.78, 5) is 28.1. The summed E-state index contributed by atoms with van der Waals surface area (Å²) in [7, 11) is 0. The zero-order valence-electron chi connectivity index (χ0n) is 32.2. The van der Waals surface area contributed by atoms with Gasteiger partial charge in [0.2, 0.25) is 0 Å². The quantitative estimate of drug-likeness (QED) is 0.0958. The molecule has 0 bridgehead atoms. The lowest BCUT2D eigenvalue weighted by molar-refractivity contribution is 1.07. The van der Waals surface area contributed by atoms with Gasteiger partial charge in [0.1, 0.15) is 0 Å². The molecule has 0 atom stereocenters. The van der Waals surface area contributed by atoms with E-state index in [0.717, 1.165) is 77.2 Å². The average molecular weight is 765 g/mol. The van der Waals surface area contributed by atoms with Crippen molar-refractivity contribution in [2.75, 3.05) is 0 Å². The highest BCUT2D eigenvalue weighted by Crippen LogP contribution is 2.39. The molecular formula is C54H32N6. The van der Waals surface area contributed by atoms with E-state index in [2.05, 4.69) is 108 Å². The largest absolute Gasteiger partial charge is 0.254 e. The maximum Gasteiger partial charge on any atom is 0.189 e. The third-order valence-corrected chi connectivity index (χ3v) is 11.2. The van der Waals surface area contributed by atoms with E-state index in [9.17, 15) is 0 Å². The minimum absolute atomic E-state index is 0.577. The zero-order valence-corrected chi connectivity index (χ0v) is 32.2. The van der Waals surface area contributed by atoms with Gasteiger partial charge in [-0.05, 0) is 73.8 Å². The van der Waals surface area contributed by atoms with Gasteiger partial charge in [-0.15, -0.1) is 0 Å². The van der Waals surface area contributed by atoms with Gasteiger partial charge >= 0.3 is 0 Å². The van der Waals surface area contributed by atoms with Gasteiger partial charge in [-0.3, -0.25) is 4.98 Å². The predicted octanol–water partition coefficient (Wildman–Crippen LogP) is 13.8. The van der Waals surface area contributed by atoms with Crippen LogP contribution in [0, 0.1) is 6.57 Å². The predicted molar refractivity (Wildman–Crippen MR) is 244 cm³/mol. The number of aromatic nitrogens is 5. The van der Waals surface area contributed by atoms with Crippen LogP contribution in [0.25, 0.3) is 116 Å². The summed E-state index contributed by atoms with van der Waals surface area (Å²) in [6.45, 7) is 7.45. The summed E-state index contributed by atoms with van der Waals surface area (Å²) >= 11 is 0. The molecule has 0 spiro atoms. The molecule has 8 aromatic carbocycles. The fraction of sp³-hybridized carbons (Fsp3) is 0. The van der Waals surface area contributed by atoms with Gasteiger partial charge in [0.15, 0.2) is 23.2 Å². The van der Waals surface area contributed by atoms with Crippen molar-refractivity contribution < 1.29 is 0 Å². The molecule has 60 heavy (non-hydrogen) atoms. The molecule has 0 aliphatic rings. The lowest BCUT2D eigenvalue weighted by atomic mass is 9.90. The molecule has 6 heteroatoms. The molecule has 0 saturated heterocycles. The molecule has 3 heterocycles. The van der Waals surface area contributed by atoms with E-state index in [1.807, 2.05) is 91.1 Å². The highest BCUT2D eigenvalue weighted by molar-refractivity contribution is 6.13. The van der Waals surface area contributed by atoms with Crippen molar-refractivity contribution in [1.29, 1.82) is 0 Å². The van der Waals surface area contributed by atoms with Gasteiger partial charge in [0, 0.05) is 33.7 Å². The number of hydrogen-bond donors (Lipinski definition) is 0. The monoisotopic (exact) mass is 764 g/mol. The Kier molecular flexibility index (Phi) is 8.42. The zero-order chi connectivity index (χ0) is 40.0. The maximum absolute atomic E-state index is 7.45. The first-order valence-electron chi connectivity index (χ1n) is 19.8. The third-order valence-electron chi connectivity index (χ3n) is 11.2. The third kappa shape index (κ3) is 6.19. The molecule has 3 aromatic heterocycles. The molecule has 0 saturated carbocycles. The Hall–Kier alpha value is -8.40. The van der Waals surface area contributed by atoms with E-state index in [-0.39, 0.29) is 0 Å². The average Bonchev–Trinajstić information content (AvgIpc) is 3.33. The Labute approximate surface area is 346 Å². The molecular weight excluding hydrogens is 733 g/mol. The van der Waals surface area contributed by atoms with Crippen molar-refractivity contribution in [3.8, 4) is 67.5 Å². The normalized spacial score (nSPS) is 11.3. The Morgan fingerprint density at radius 2 is 0.850 bits per heavy atom. The Morgan fingerprint density at radius 1 is 0.350 bits per heavy atom. The topological polar surface area (TPSA) is 68.8 Å². The molecule has 11 aromatic rings. The molecule has 0 radical (unpaired) electrons. The minimum Gasteiger partial charge on any atom is -0.254 e. The highest BCUT2D eigenvalue weighted by atomic mass is 15.0. The summed E-state index contributed by atoms with van der Waals surface area (Å²) < 4.78 is 0. The number of rotatable bonds is 6. The standard InChI is InChI=1S/C54H32N6/c1-55-42-27-26-40-31-41-32-48(47-17-10-30-56-51(47)50(41)57-49(40)33-42)36-20-18-34(19-21-36)43-28-29-44(46-16-9-8-15-45(43)46)35-22-24-39(25-23-35)54-59-52(37-11-4-2-5-12-37)58-53(60-54)38-13-6-3-7-14-38/h2-33H. The summed E-state index contributed by atoms with van der Waals surface area (Å²) in [5.41, 5.74) is 12.7. The van der Waals surface area contributed by atoms with E-state index < -0.39 is 0 Å². The molecule has 11 rings (SSSR count). The molecule has 0 unspecified atom stereocenters. The second-order valence-electron chi connectivity index (χ2n) is 14.8. The maximum atomic E-state index is 7.45. The molecule has 0 aliphatic carbocycles. The summed E-state index contributed by atoms with van der Waals surface area (Å²) in [6, 6.07) is 64.6. The Morgan fingerprint density at radius 3 is 1.42 bits per heavy atom. The second kappa shape index (κ2) is 14.5. The van der Waals surface area contributed by atoms with Crippen LogP contribution in [0.1, 0.15) is 0 Å². The van der Waals surface area contributed by atoms with E-state index in [1.165, 1.54) is 16.3 Å². The van der Waals surface area contributed by atoms with Crippen LogP contribution < -0.4 is 0 Å². The van der Waals surface area contributed by atoms with Crippen molar-refractivity contribution in [2.24, 2.45) is 0 Å². The second-order valence-corrected chi connectivity index (χ2v) is 14.8. The fourth-order valence-corrected chi connectivity index (χ4v) is 8.19. The van der Waals surface area contributed by atoms with Crippen LogP contribution >= 0.6 is 0 Å². The molecule has 0 N–H and O–H groups in total. The van der Waals surface area contributed by atoms with Gasteiger partial charge < -0.3 is 0 Å². The fourth-order valence-electron chi connectivity index (χ4n) is 8.19. The first kappa shape index (κ1) is 34.8. The van der Waals surface area contributed by atoms with Crippen LogP contribution in [0.15, 0.2) is 194 Å². The Bertz CT molecular complexity index is 3410. The van der Waals surface area contributed by atoms with Gasteiger partial charge in [-0.1, -0.05) is 164 Å². The van der Waals surface area contributed by atoms with Crippen molar-refractivity contribution in [2.45, 2.75) is 0 Å². The minimum atomic E-state index is 0.577. The molecule has 278 valence electrons. The van der Waals surface area contributed by atoms with Crippen molar-refractivity contribution in [3.63, 3.8) is 0 Å². The van der Waals surface area contributed by atoms with E-state index in [1.54, 1.807) is 0 Å². The van der Waals surface area contributed by atoms with Crippen LogP contribution in [0.2, 0.25) is 0 Å². The van der Waals surface area contributed by atoms with Crippen molar-refractivity contribution >= 4 is 49.2 Å². The summed E-state index contributed by atoms with van der Waals surface area (Å²) in [5, 5.41) is 5.41. The van der Waals surface area contributed by atoms with Gasteiger partial charge in [-0.2, -0.15) is 0 Å². The van der Waals surface area contributed by atoms with Crippen LogP contribution in [-0.2, 0) is 0 Å². The smallest absolute Gasteiger partial charge is 0.189 e. The van der Waals surface area contributed by atoms with Crippen LogP contribution in [-0.4, -0.2) is 24.9 Å². The van der Waals surface area contributed by atoms with Crippen molar-refractivity contribution in [1.82, 2.24) is 24.9 Å². The highest BCUT2D eigenvalue weighted by Gasteiger charge is 2.16. The lowest BCUT2D eigenvalue weighted by Crippen LogP contribution is -2.00. The Balaban J connectivity index is 0.942. The van der Waals surface area contributed by atoms with E-state index >= 15 is 0 Å². The molecule has 0 amide bonds. The van der Waals surface area contributed by atoms with E-state index in [4.69, 9.17) is 31.5 Å². The van der Waals surface area contributed by atoms with Crippen molar-refractivity contribution in [3.05, 3.63) is 206 Å². The first-order valence-corrected chi connectivity index (χ1v) is 19.8. The summed E-state index contributed by atoms with van der Waals surface area (Å²) in [6.07, 6.45) is 1.82. The number of pyridine rings is 2. The number of benzene rings is 8. The van der Waals surface area contributed by atoms with Crippen LogP contribution in [0.4, 0.5) is 5.69 Å². The van der Waals surface area contributed by atoms with Gasteiger partial charge in [0.25, 0.3) is 0 Å². The molecule has 0 aliphatic heterocycles. The number of nitrogens with zero attached hydrogens (tertiary/aromatic N) is 6. The lowest BCUT2D eigenvalue weighted by Gasteiger charge is -2.14. The number of hydrogen-bond acceptors (Lipinski definition) is 5. The number of fused-ring (bicyclic) bond motifs is 5. The summed E-state index contributed by atoms with van der Waals surface area (Å²) in [5.74, 6) is 1.92. The van der Waals surface area contributed by atoms with Crippen LogP contribution in [0.5, 0.6) is 0 Å². The van der Waals surface area contributed by atoms with Crippen LogP contribution in [0.3, 0.4) is 0 Å². The van der Waals surface area contributed by atoms with E-state index in [0.29, 0.717) is 23.2 Å².